The number of aryl methyl sites for hydroxylation is 1. The van der Waals surface area contributed by atoms with Crippen LogP contribution in [0.5, 0.6) is 5.75 Å². The van der Waals surface area contributed by atoms with E-state index in [-0.39, 0.29) is 17.6 Å². The highest BCUT2D eigenvalue weighted by Crippen LogP contribution is 2.45. The van der Waals surface area contributed by atoms with Gasteiger partial charge >= 0.3 is 0 Å². The maximum Gasteiger partial charge on any atom is 0.122 e. The van der Waals surface area contributed by atoms with Crippen LogP contribution >= 0.6 is 0 Å². The molecule has 0 spiro atoms. The van der Waals surface area contributed by atoms with Crippen molar-refractivity contribution in [1.82, 2.24) is 0 Å². The fourth-order valence-corrected chi connectivity index (χ4v) is 2.78. The number of benzene rings is 1. The Hall–Kier alpha value is -1.02. The second kappa shape index (κ2) is 5.16. The van der Waals surface area contributed by atoms with E-state index in [1.807, 2.05) is 0 Å². The van der Waals surface area contributed by atoms with E-state index in [0.717, 1.165) is 18.6 Å². The van der Waals surface area contributed by atoms with E-state index in [1.165, 1.54) is 11.1 Å². The third-order valence-electron chi connectivity index (χ3n) is 4.96. The molecule has 0 amide bonds. The molecule has 1 aliphatic carbocycles. The Kier molecular flexibility index (Phi) is 3.91. The summed E-state index contributed by atoms with van der Waals surface area (Å²) in [5.41, 5.74) is 8.82. The van der Waals surface area contributed by atoms with Crippen molar-refractivity contribution < 1.29 is 4.74 Å². The first-order valence-electron chi connectivity index (χ1n) is 7.41. The predicted octanol–water partition coefficient (Wildman–Crippen LogP) is 4.01. The van der Waals surface area contributed by atoms with E-state index < -0.39 is 0 Å². The summed E-state index contributed by atoms with van der Waals surface area (Å²) in [5, 5.41) is 0. The zero-order chi connectivity index (χ0) is 14.2. The number of hydrogen-bond acceptors (Lipinski definition) is 2. The van der Waals surface area contributed by atoms with Crippen LogP contribution in [-0.2, 0) is 0 Å². The van der Waals surface area contributed by atoms with Crippen LogP contribution in [-0.4, -0.2) is 12.1 Å². The lowest BCUT2D eigenvalue weighted by atomic mass is 9.62. The maximum atomic E-state index is 6.27. The molecule has 3 atom stereocenters. The lowest BCUT2D eigenvalue weighted by Gasteiger charge is -2.51. The van der Waals surface area contributed by atoms with E-state index in [1.54, 1.807) is 0 Å². The van der Waals surface area contributed by atoms with Crippen LogP contribution in [0.3, 0.4) is 0 Å². The van der Waals surface area contributed by atoms with Gasteiger partial charge in [0.2, 0.25) is 0 Å². The molecule has 0 bridgehead atoms. The fraction of sp³-hybridized carbons (Fsp3) is 0.647. The molecule has 0 radical (unpaired) electrons. The molecule has 2 nitrogen and oxygen atoms in total. The molecule has 106 valence electrons. The molecule has 19 heavy (non-hydrogen) atoms. The molecule has 3 unspecified atom stereocenters. The Morgan fingerprint density at radius 1 is 1.42 bits per heavy atom. The summed E-state index contributed by atoms with van der Waals surface area (Å²) in [6, 6.07) is 6.82. The van der Waals surface area contributed by atoms with Gasteiger partial charge in [0.05, 0.1) is 0 Å². The molecule has 0 heterocycles. The third-order valence-corrected chi connectivity index (χ3v) is 4.96. The van der Waals surface area contributed by atoms with Crippen LogP contribution < -0.4 is 10.5 Å². The van der Waals surface area contributed by atoms with Crippen molar-refractivity contribution in [2.24, 2.45) is 11.1 Å². The normalized spacial score (nSPS) is 30.3. The zero-order valence-corrected chi connectivity index (χ0v) is 12.9. The van der Waals surface area contributed by atoms with E-state index in [0.29, 0.717) is 5.92 Å². The van der Waals surface area contributed by atoms with Gasteiger partial charge in [-0.25, -0.2) is 0 Å². The molecule has 1 saturated carbocycles. The minimum atomic E-state index is 0.125. The first-order valence-corrected chi connectivity index (χ1v) is 7.41. The first-order chi connectivity index (χ1) is 8.88. The van der Waals surface area contributed by atoms with Gasteiger partial charge in [0.15, 0.2) is 0 Å². The summed E-state index contributed by atoms with van der Waals surface area (Å²) >= 11 is 0. The van der Waals surface area contributed by atoms with Crippen LogP contribution in [0.15, 0.2) is 18.2 Å². The number of ether oxygens (including phenoxy) is 1. The Bertz CT molecular complexity index is 455. The van der Waals surface area contributed by atoms with Gasteiger partial charge < -0.3 is 10.5 Å². The van der Waals surface area contributed by atoms with Gasteiger partial charge in [-0.3, -0.25) is 0 Å². The Labute approximate surface area is 117 Å². The number of hydrogen-bond donors (Lipinski definition) is 1. The molecule has 0 aromatic heterocycles. The highest BCUT2D eigenvalue weighted by molar-refractivity contribution is 5.38. The van der Waals surface area contributed by atoms with E-state index in [9.17, 15) is 0 Å². The minimum absolute atomic E-state index is 0.125. The SMILES string of the molecule is CCC1(C)C(N)CC1Oc1cc(C(C)C)ccc1C. The molecule has 1 aromatic carbocycles. The van der Waals surface area contributed by atoms with E-state index in [2.05, 4.69) is 52.8 Å². The van der Waals surface area contributed by atoms with Gasteiger partial charge in [0.1, 0.15) is 11.9 Å². The Morgan fingerprint density at radius 2 is 2.11 bits per heavy atom. The van der Waals surface area contributed by atoms with Crippen LogP contribution in [0, 0.1) is 12.3 Å². The van der Waals surface area contributed by atoms with Crippen LogP contribution in [0.2, 0.25) is 0 Å². The number of rotatable bonds is 4. The average Bonchev–Trinajstić information content (AvgIpc) is 2.39. The largest absolute Gasteiger partial charge is 0.489 e. The monoisotopic (exact) mass is 261 g/mol. The van der Waals surface area contributed by atoms with Gasteiger partial charge in [-0.15, -0.1) is 0 Å². The molecule has 2 heteroatoms. The molecule has 0 aliphatic heterocycles. The molecule has 0 saturated heterocycles. The van der Waals surface area contributed by atoms with Crippen molar-refractivity contribution in [3.8, 4) is 5.75 Å². The summed E-state index contributed by atoms with van der Waals surface area (Å²) in [7, 11) is 0. The second-order valence-corrected chi connectivity index (χ2v) is 6.49. The Morgan fingerprint density at radius 3 is 2.63 bits per heavy atom. The average molecular weight is 261 g/mol. The highest BCUT2D eigenvalue weighted by Gasteiger charge is 2.50. The number of nitrogens with two attached hydrogens (primary N) is 1. The van der Waals surface area contributed by atoms with Gasteiger partial charge in [-0.1, -0.05) is 39.8 Å². The van der Waals surface area contributed by atoms with Crippen molar-refractivity contribution >= 4 is 0 Å². The standard InChI is InChI=1S/C17H27NO/c1-6-17(5)15(18)10-16(17)19-14-9-13(11(2)3)8-7-12(14)4/h7-9,11,15-16H,6,10,18H2,1-5H3. The van der Waals surface area contributed by atoms with Crippen LogP contribution in [0.25, 0.3) is 0 Å². The minimum Gasteiger partial charge on any atom is -0.489 e. The summed E-state index contributed by atoms with van der Waals surface area (Å²) in [6.07, 6.45) is 2.30. The van der Waals surface area contributed by atoms with Gasteiger partial charge in [0.25, 0.3) is 0 Å². The molecule has 1 fully saturated rings. The topological polar surface area (TPSA) is 35.2 Å². The first kappa shape index (κ1) is 14.4. The molecule has 2 N–H and O–H groups in total. The molecule has 1 aliphatic rings. The van der Waals surface area contributed by atoms with Crippen molar-refractivity contribution in [2.75, 3.05) is 0 Å². The zero-order valence-electron chi connectivity index (χ0n) is 12.9. The molecule has 1 aromatic rings. The molecular weight excluding hydrogens is 234 g/mol. The maximum absolute atomic E-state index is 6.27. The van der Waals surface area contributed by atoms with Crippen molar-refractivity contribution in [3.05, 3.63) is 29.3 Å². The smallest absolute Gasteiger partial charge is 0.122 e. The predicted molar refractivity (Wildman–Crippen MR) is 80.7 cm³/mol. The summed E-state index contributed by atoms with van der Waals surface area (Å²) < 4.78 is 6.27. The fourth-order valence-electron chi connectivity index (χ4n) is 2.78. The van der Waals surface area contributed by atoms with E-state index >= 15 is 0 Å². The van der Waals surface area contributed by atoms with Crippen molar-refractivity contribution in [1.29, 1.82) is 0 Å². The lowest BCUT2D eigenvalue weighted by Crippen LogP contribution is -2.61. The van der Waals surface area contributed by atoms with Gasteiger partial charge in [0, 0.05) is 17.9 Å². The van der Waals surface area contributed by atoms with Gasteiger partial charge in [-0.2, -0.15) is 0 Å². The summed E-state index contributed by atoms with van der Waals surface area (Å²) in [6.45, 7) is 11.0. The quantitative estimate of drug-likeness (QED) is 0.888. The van der Waals surface area contributed by atoms with Crippen molar-refractivity contribution in [3.63, 3.8) is 0 Å². The van der Waals surface area contributed by atoms with Crippen LogP contribution in [0.1, 0.15) is 57.6 Å². The third kappa shape index (κ3) is 2.51. The van der Waals surface area contributed by atoms with Gasteiger partial charge in [-0.05, 0) is 36.5 Å². The second-order valence-electron chi connectivity index (χ2n) is 6.49. The summed E-state index contributed by atoms with van der Waals surface area (Å²) in [5.74, 6) is 1.56. The molecule has 2 rings (SSSR count). The lowest BCUT2D eigenvalue weighted by molar-refractivity contribution is -0.0563. The summed E-state index contributed by atoms with van der Waals surface area (Å²) in [4.78, 5) is 0. The van der Waals surface area contributed by atoms with Crippen LogP contribution in [0.4, 0.5) is 0 Å². The highest BCUT2D eigenvalue weighted by atomic mass is 16.5. The Balaban J connectivity index is 2.18. The van der Waals surface area contributed by atoms with E-state index in [4.69, 9.17) is 10.5 Å². The van der Waals surface area contributed by atoms with Crippen molar-refractivity contribution in [2.45, 2.75) is 65.5 Å². The molecular formula is C17H27NO.